The summed E-state index contributed by atoms with van der Waals surface area (Å²) in [6.07, 6.45) is 3.65. The normalized spacial score (nSPS) is 11.1. The largest absolute Gasteiger partial charge is 0.478 e. The third-order valence-corrected chi connectivity index (χ3v) is 3.20. The number of aromatic nitrogens is 1. The van der Waals surface area contributed by atoms with Gasteiger partial charge in [0.15, 0.2) is 0 Å². The monoisotopic (exact) mass is 262 g/mol. The fourth-order valence-corrected chi connectivity index (χ4v) is 2.29. The molecule has 0 aliphatic heterocycles. The first kappa shape index (κ1) is 13.6. The van der Waals surface area contributed by atoms with E-state index < -0.39 is 5.97 Å². The molecule has 19 heavy (non-hydrogen) atoms. The van der Waals surface area contributed by atoms with E-state index in [1.807, 2.05) is 10.8 Å². The Morgan fingerprint density at radius 1 is 1.37 bits per heavy atom. The third-order valence-electron chi connectivity index (χ3n) is 3.20. The zero-order valence-electron chi connectivity index (χ0n) is 10.7. The van der Waals surface area contributed by atoms with Gasteiger partial charge in [0.2, 0.25) is 0 Å². The molecule has 2 aromatic rings. The molecule has 5 nitrogen and oxygen atoms in total. The molecule has 0 aliphatic carbocycles. The van der Waals surface area contributed by atoms with Crippen molar-refractivity contribution in [3.05, 3.63) is 35.5 Å². The number of hydrogen-bond donors (Lipinski definition) is 3. The maximum atomic E-state index is 11.0. The molecule has 0 amide bonds. The number of carboxylic acid groups (broad SMARTS) is 1. The minimum atomic E-state index is -0.929. The van der Waals surface area contributed by atoms with Crippen molar-refractivity contribution in [3.63, 3.8) is 0 Å². The second-order valence-corrected chi connectivity index (χ2v) is 4.50. The number of aliphatic hydroxyl groups excluding tert-OH is 1. The standard InChI is InChI=1S/C14H18N2O3/c15-5-1-2-11-9-16(6-7-17)13-4-3-10(14(18)19)8-12(11)13/h3-4,8-9,17H,1-2,5-7,15H2,(H,18,19). The second kappa shape index (κ2) is 5.86. The van der Waals surface area contributed by atoms with Crippen molar-refractivity contribution >= 4 is 16.9 Å². The topological polar surface area (TPSA) is 88.5 Å². The number of benzene rings is 1. The summed E-state index contributed by atoms with van der Waals surface area (Å²) in [6.45, 7) is 1.16. The van der Waals surface area contributed by atoms with E-state index in [1.54, 1.807) is 18.2 Å². The predicted octanol–water partition coefficient (Wildman–Crippen LogP) is 1.22. The Morgan fingerprint density at radius 3 is 2.79 bits per heavy atom. The maximum Gasteiger partial charge on any atom is 0.335 e. The molecule has 102 valence electrons. The molecule has 0 fully saturated rings. The van der Waals surface area contributed by atoms with Crippen molar-refractivity contribution in [2.24, 2.45) is 5.73 Å². The van der Waals surface area contributed by atoms with Crippen molar-refractivity contribution in [1.82, 2.24) is 4.57 Å². The Labute approximate surface area is 111 Å². The van der Waals surface area contributed by atoms with Gasteiger partial charge in [-0.3, -0.25) is 0 Å². The van der Waals surface area contributed by atoms with Crippen LogP contribution in [0.4, 0.5) is 0 Å². The van der Waals surface area contributed by atoms with E-state index in [0.717, 1.165) is 29.3 Å². The molecule has 1 aromatic heterocycles. The van der Waals surface area contributed by atoms with Crippen molar-refractivity contribution in [1.29, 1.82) is 0 Å². The van der Waals surface area contributed by atoms with Crippen LogP contribution in [0.15, 0.2) is 24.4 Å². The van der Waals surface area contributed by atoms with Gasteiger partial charge in [0, 0.05) is 23.6 Å². The summed E-state index contributed by atoms with van der Waals surface area (Å²) in [5, 5.41) is 19.1. The molecule has 2 rings (SSSR count). The Morgan fingerprint density at radius 2 is 2.16 bits per heavy atom. The Bertz CT molecular complexity index is 590. The summed E-state index contributed by atoms with van der Waals surface area (Å²) < 4.78 is 1.95. The minimum Gasteiger partial charge on any atom is -0.478 e. The van der Waals surface area contributed by atoms with Crippen LogP contribution in [-0.2, 0) is 13.0 Å². The number of aliphatic hydroxyl groups is 1. The lowest BCUT2D eigenvalue weighted by Gasteiger charge is -2.02. The Kier molecular flexibility index (Phi) is 4.19. The summed E-state index contributed by atoms with van der Waals surface area (Å²) in [7, 11) is 0. The molecular formula is C14H18N2O3. The van der Waals surface area contributed by atoms with E-state index in [0.29, 0.717) is 13.1 Å². The molecule has 0 unspecified atom stereocenters. The molecule has 0 aliphatic rings. The van der Waals surface area contributed by atoms with Gasteiger partial charge < -0.3 is 20.5 Å². The summed E-state index contributed by atoms with van der Waals surface area (Å²) >= 11 is 0. The van der Waals surface area contributed by atoms with Crippen LogP contribution in [0.2, 0.25) is 0 Å². The highest BCUT2D eigenvalue weighted by atomic mass is 16.4. The number of carbonyl (C=O) groups is 1. The van der Waals surface area contributed by atoms with Crippen LogP contribution in [-0.4, -0.2) is 33.9 Å². The quantitative estimate of drug-likeness (QED) is 0.730. The predicted molar refractivity (Wildman–Crippen MR) is 73.4 cm³/mol. The molecule has 1 heterocycles. The SMILES string of the molecule is NCCCc1cn(CCO)c2ccc(C(=O)O)cc12. The summed E-state index contributed by atoms with van der Waals surface area (Å²) in [5.41, 5.74) is 7.83. The number of fused-ring (bicyclic) bond motifs is 1. The molecule has 0 radical (unpaired) electrons. The highest BCUT2D eigenvalue weighted by molar-refractivity contribution is 5.95. The molecule has 0 spiro atoms. The third kappa shape index (κ3) is 2.77. The molecule has 0 bridgehead atoms. The summed E-state index contributed by atoms with van der Waals surface area (Å²) in [5.74, 6) is -0.929. The minimum absolute atomic E-state index is 0.0563. The van der Waals surface area contributed by atoms with Gasteiger partial charge in [0.1, 0.15) is 0 Å². The lowest BCUT2D eigenvalue weighted by molar-refractivity contribution is 0.0697. The van der Waals surface area contributed by atoms with Crippen LogP contribution in [0.1, 0.15) is 22.3 Å². The van der Waals surface area contributed by atoms with E-state index >= 15 is 0 Å². The average molecular weight is 262 g/mol. The molecule has 0 atom stereocenters. The number of aryl methyl sites for hydroxylation is 1. The smallest absolute Gasteiger partial charge is 0.335 e. The molecular weight excluding hydrogens is 244 g/mol. The van der Waals surface area contributed by atoms with E-state index in [-0.39, 0.29) is 12.2 Å². The number of carboxylic acids is 1. The van der Waals surface area contributed by atoms with E-state index in [1.165, 1.54) is 0 Å². The fourth-order valence-electron chi connectivity index (χ4n) is 2.29. The van der Waals surface area contributed by atoms with Crippen LogP contribution in [0.25, 0.3) is 10.9 Å². The lowest BCUT2D eigenvalue weighted by Crippen LogP contribution is -2.01. The zero-order chi connectivity index (χ0) is 13.8. The van der Waals surface area contributed by atoms with Gasteiger partial charge in [-0.2, -0.15) is 0 Å². The number of nitrogens with zero attached hydrogens (tertiary/aromatic N) is 1. The van der Waals surface area contributed by atoms with Gasteiger partial charge in [-0.05, 0) is 43.1 Å². The van der Waals surface area contributed by atoms with Crippen molar-refractivity contribution in [3.8, 4) is 0 Å². The lowest BCUT2D eigenvalue weighted by atomic mass is 10.1. The van der Waals surface area contributed by atoms with Gasteiger partial charge in [-0.25, -0.2) is 4.79 Å². The molecule has 0 saturated heterocycles. The molecule has 5 heteroatoms. The van der Waals surface area contributed by atoms with Gasteiger partial charge >= 0.3 is 5.97 Å². The van der Waals surface area contributed by atoms with Crippen LogP contribution in [0.3, 0.4) is 0 Å². The first-order valence-electron chi connectivity index (χ1n) is 6.33. The molecule has 4 N–H and O–H groups in total. The molecule has 0 saturated carbocycles. The average Bonchev–Trinajstić information content (AvgIpc) is 2.74. The summed E-state index contributed by atoms with van der Waals surface area (Å²) in [4.78, 5) is 11.0. The first-order valence-corrected chi connectivity index (χ1v) is 6.33. The zero-order valence-corrected chi connectivity index (χ0v) is 10.7. The van der Waals surface area contributed by atoms with Crippen LogP contribution in [0, 0.1) is 0 Å². The molecule has 1 aromatic carbocycles. The van der Waals surface area contributed by atoms with Crippen molar-refractivity contribution < 1.29 is 15.0 Å². The van der Waals surface area contributed by atoms with Gasteiger partial charge in [-0.1, -0.05) is 0 Å². The fraction of sp³-hybridized carbons (Fsp3) is 0.357. The van der Waals surface area contributed by atoms with Crippen LogP contribution >= 0.6 is 0 Å². The van der Waals surface area contributed by atoms with E-state index in [4.69, 9.17) is 15.9 Å². The number of hydrogen-bond acceptors (Lipinski definition) is 3. The van der Waals surface area contributed by atoms with Crippen LogP contribution in [0.5, 0.6) is 0 Å². The second-order valence-electron chi connectivity index (χ2n) is 4.50. The van der Waals surface area contributed by atoms with Gasteiger partial charge in [0.25, 0.3) is 0 Å². The number of rotatable bonds is 6. The van der Waals surface area contributed by atoms with Crippen molar-refractivity contribution in [2.75, 3.05) is 13.2 Å². The Balaban J connectivity index is 2.51. The first-order chi connectivity index (χ1) is 9.17. The van der Waals surface area contributed by atoms with Crippen LogP contribution < -0.4 is 5.73 Å². The van der Waals surface area contributed by atoms with E-state index in [9.17, 15) is 4.79 Å². The Hall–Kier alpha value is -1.85. The number of nitrogens with two attached hydrogens (primary N) is 1. The van der Waals surface area contributed by atoms with Crippen molar-refractivity contribution in [2.45, 2.75) is 19.4 Å². The maximum absolute atomic E-state index is 11.0. The van der Waals surface area contributed by atoms with Gasteiger partial charge in [0.05, 0.1) is 12.2 Å². The summed E-state index contributed by atoms with van der Waals surface area (Å²) in [6, 6.07) is 5.07. The highest BCUT2D eigenvalue weighted by Gasteiger charge is 2.11. The van der Waals surface area contributed by atoms with E-state index in [2.05, 4.69) is 0 Å². The van der Waals surface area contributed by atoms with Gasteiger partial charge in [-0.15, -0.1) is 0 Å². The number of aromatic carboxylic acids is 1. The highest BCUT2D eigenvalue weighted by Crippen LogP contribution is 2.24.